The third kappa shape index (κ3) is 4.15. The van der Waals surface area contributed by atoms with Crippen LogP contribution in [0.3, 0.4) is 0 Å². The Balaban J connectivity index is 2.15. The number of benzene rings is 2. The molecule has 0 amide bonds. The number of aryl methyl sites for hydroxylation is 1. The van der Waals surface area contributed by atoms with Gasteiger partial charge in [-0.25, -0.2) is 0 Å². The highest BCUT2D eigenvalue weighted by molar-refractivity contribution is 6.30. The third-order valence-electron chi connectivity index (χ3n) is 3.59. The fourth-order valence-corrected chi connectivity index (χ4v) is 2.34. The first-order chi connectivity index (χ1) is 10.1. The van der Waals surface area contributed by atoms with E-state index in [0.29, 0.717) is 11.6 Å². The molecule has 0 saturated heterocycles. The molecule has 0 unspecified atom stereocenters. The zero-order valence-electron chi connectivity index (χ0n) is 12.9. The van der Waals surface area contributed by atoms with E-state index in [0.717, 1.165) is 24.4 Å². The van der Waals surface area contributed by atoms with Crippen LogP contribution in [0.5, 0.6) is 5.75 Å². The Kier molecular flexibility index (Phi) is 5.51. The van der Waals surface area contributed by atoms with Crippen molar-refractivity contribution in [1.82, 2.24) is 0 Å². The Labute approximate surface area is 132 Å². The Morgan fingerprint density at radius 2 is 1.95 bits per heavy atom. The van der Waals surface area contributed by atoms with Crippen molar-refractivity contribution in [3.63, 3.8) is 0 Å². The molecule has 0 radical (unpaired) electrons. The van der Waals surface area contributed by atoms with E-state index in [-0.39, 0.29) is 0 Å². The predicted octanol–water partition coefficient (Wildman–Crippen LogP) is 5.36. The second kappa shape index (κ2) is 7.37. The molecule has 0 fully saturated rings. The Bertz CT molecular complexity index is 610. The highest BCUT2D eigenvalue weighted by Gasteiger charge is 2.06. The Morgan fingerprint density at radius 1 is 1.14 bits per heavy atom. The molecule has 3 heteroatoms. The summed E-state index contributed by atoms with van der Waals surface area (Å²) in [7, 11) is 0. The molecule has 0 spiro atoms. The third-order valence-corrected chi connectivity index (χ3v) is 3.82. The summed E-state index contributed by atoms with van der Waals surface area (Å²) in [5, 5.41) is 4.15. The first kappa shape index (κ1) is 15.7. The van der Waals surface area contributed by atoms with Crippen molar-refractivity contribution in [2.75, 3.05) is 11.9 Å². The quantitative estimate of drug-likeness (QED) is 0.776. The maximum absolute atomic E-state index is 6.09. The van der Waals surface area contributed by atoms with Gasteiger partial charge in [-0.1, -0.05) is 36.7 Å². The molecule has 2 nitrogen and oxygen atoms in total. The van der Waals surface area contributed by atoms with Crippen LogP contribution in [0, 0.1) is 13.8 Å². The number of rotatable bonds is 6. The van der Waals surface area contributed by atoms with Gasteiger partial charge in [0, 0.05) is 11.6 Å². The Morgan fingerprint density at radius 3 is 2.71 bits per heavy atom. The van der Waals surface area contributed by atoms with E-state index < -0.39 is 0 Å². The normalized spacial score (nSPS) is 10.5. The molecule has 0 heterocycles. The van der Waals surface area contributed by atoms with Crippen LogP contribution in [-0.4, -0.2) is 6.61 Å². The second-order valence-electron chi connectivity index (χ2n) is 5.20. The molecule has 0 atom stereocenters. The van der Waals surface area contributed by atoms with Crippen molar-refractivity contribution in [1.29, 1.82) is 0 Å². The summed E-state index contributed by atoms with van der Waals surface area (Å²) in [6, 6.07) is 12.1. The molecular weight excluding hydrogens is 282 g/mol. The molecule has 112 valence electrons. The first-order valence-corrected chi connectivity index (χ1v) is 7.71. The van der Waals surface area contributed by atoms with E-state index in [1.54, 1.807) is 0 Å². The lowest BCUT2D eigenvalue weighted by molar-refractivity contribution is 0.319. The summed E-state index contributed by atoms with van der Waals surface area (Å²) < 4.78 is 5.76. The van der Waals surface area contributed by atoms with Gasteiger partial charge >= 0.3 is 0 Å². The molecule has 2 rings (SSSR count). The molecule has 0 aromatic heterocycles. The van der Waals surface area contributed by atoms with Crippen molar-refractivity contribution < 1.29 is 4.74 Å². The minimum absolute atomic E-state index is 0.708. The zero-order valence-corrected chi connectivity index (χ0v) is 13.6. The average molecular weight is 304 g/mol. The van der Waals surface area contributed by atoms with Crippen molar-refractivity contribution in [2.45, 2.75) is 33.7 Å². The maximum Gasteiger partial charge on any atom is 0.142 e. The van der Waals surface area contributed by atoms with Gasteiger partial charge in [-0.2, -0.15) is 0 Å². The number of halogens is 1. The lowest BCUT2D eigenvalue weighted by atomic mass is 10.0. The lowest BCUT2D eigenvalue weighted by Gasteiger charge is -2.15. The van der Waals surface area contributed by atoms with Crippen LogP contribution in [0.2, 0.25) is 5.02 Å². The smallest absolute Gasteiger partial charge is 0.142 e. The largest absolute Gasteiger partial charge is 0.491 e. The van der Waals surface area contributed by atoms with Gasteiger partial charge in [-0.3, -0.25) is 0 Å². The summed E-state index contributed by atoms with van der Waals surface area (Å²) in [5.41, 5.74) is 4.86. The number of hydrogen-bond acceptors (Lipinski definition) is 2. The van der Waals surface area contributed by atoms with Gasteiger partial charge in [0.05, 0.1) is 12.3 Å². The van der Waals surface area contributed by atoms with Gasteiger partial charge in [0.2, 0.25) is 0 Å². The summed E-state index contributed by atoms with van der Waals surface area (Å²) in [5.74, 6) is 0.853. The second-order valence-corrected chi connectivity index (χ2v) is 5.64. The van der Waals surface area contributed by atoms with Crippen molar-refractivity contribution >= 4 is 17.3 Å². The van der Waals surface area contributed by atoms with Gasteiger partial charge in [0.1, 0.15) is 5.75 Å². The molecule has 0 aliphatic rings. The van der Waals surface area contributed by atoms with Crippen LogP contribution in [-0.2, 0) is 6.54 Å². The minimum Gasteiger partial charge on any atom is -0.491 e. The molecule has 2 aromatic rings. The fraction of sp³-hybridized carbons (Fsp3) is 0.333. The number of anilines is 1. The lowest BCUT2D eigenvalue weighted by Crippen LogP contribution is -2.05. The summed E-state index contributed by atoms with van der Waals surface area (Å²) in [6.45, 7) is 7.85. The van der Waals surface area contributed by atoms with E-state index in [2.05, 4.69) is 44.3 Å². The SMILES string of the molecule is CCCOc1ccc(Cl)cc1NCc1cccc(C)c1C. The van der Waals surface area contributed by atoms with E-state index in [1.165, 1.54) is 16.7 Å². The standard InChI is InChI=1S/C18H22ClNO/c1-4-10-21-18-9-8-16(19)11-17(18)20-12-15-7-5-6-13(2)14(15)3/h5-9,11,20H,4,10,12H2,1-3H3. The van der Waals surface area contributed by atoms with Crippen molar-refractivity contribution in [2.24, 2.45) is 0 Å². The molecule has 0 bridgehead atoms. The van der Waals surface area contributed by atoms with E-state index in [1.807, 2.05) is 18.2 Å². The first-order valence-electron chi connectivity index (χ1n) is 7.33. The maximum atomic E-state index is 6.09. The van der Waals surface area contributed by atoms with Gasteiger partial charge in [-0.15, -0.1) is 0 Å². The molecule has 2 aromatic carbocycles. The number of ether oxygens (including phenoxy) is 1. The minimum atomic E-state index is 0.708. The molecular formula is C18H22ClNO. The van der Waals surface area contributed by atoms with Crippen molar-refractivity contribution in [3.8, 4) is 5.75 Å². The van der Waals surface area contributed by atoms with Gasteiger partial charge in [0.25, 0.3) is 0 Å². The van der Waals surface area contributed by atoms with Gasteiger partial charge in [-0.05, 0) is 55.2 Å². The fourth-order valence-electron chi connectivity index (χ4n) is 2.17. The van der Waals surface area contributed by atoms with Crippen LogP contribution in [0.4, 0.5) is 5.69 Å². The molecule has 0 aliphatic carbocycles. The van der Waals surface area contributed by atoms with Gasteiger partial charge in [0.15, 0.2) is 0 Å². The summed E-state index contributed by atoms with van der Waals surface area (Å²) in [6.07, 6.45) is 0.985. The number of hydrogen-bond donors (Lipinski definition) is 1. The number of nitrogens with one attached hydrogen (secondary N) is 1. The highest BCUT2D eigenvalue weighted by atomic mass is 35.5. The molecule has 0 aliphatic heterocycles. The molecule has 0 saturated carbocycles. The summed E-state index contributed by atoms with van der Waals surface area (Å²) >= 11 is 6.09. The van der Waals surface area contributed by atoms with Crippen LogP contribution >= 0.6 is 11.6 Å². The summed E-state index contributed by atoms with van der Waals surface area (Å²) in [4.78, 5) is 0. The van der Waals surface area contributed by atoms with Crippen LogP contribution < -0.4 is 10.1 Å². The topological polar surface area (TPSA) is 21.3 Å². The van der Waals surface area contributed by atoms with Crippen LogP contribution in [0.25, 0.3) is 0 Å². The van der Waals surface area contributed by atoms with E-state index >= 15 is 0 Å². The molecule has 21 heavy (non-hydrogen) atoms. The van der Waals surface area contributed by atoms with Crippen molar-refractivity contribution in [3.05, 3.63) is 58.1 Å². The van der Waals surface area contributed by atoms with Gasteiger partial charge < -0.3 is 10.1 Å². The van der Waals surface area contributed by atoms with Crippen LogP contribution in [0.1, 0.15) is 30.0 Å². The van der Waals surface area contributed by atoms with E-state index in [4.69, 9.17) is 16.3 Å². The predicted molar refractivity (Wildman–Crippen MR) is 90.5 cm³/mol. The zero-order chi connectivity index (χ0) is 15.2. The average Bonchev–Trinajstić information content (AvgIpc) is 2.48. The Hall–Kier alpha value is -1.67. The highest BCUT2D eigenvalue weighted by Crippen LogP contribution is 2.29. The molecule has 1 N–H and O–H groups in total. The van der Waals surface area contributed by atoms with Crippen LogP contribution in [0.15, 0.2) is 36.4 Å². The van der Waals surface area contributed by atoms with E-state index in [9.17, 15) is 0 Å². The monoisotopic (exact) mass is 303 g/mol.